The summed E-state index contributed by atoms with van der Waals surface area (Å²) < 4.78 is 6.48. The van der Waals surface area contributed by atoms with Gasteiger partial charge in [0.25, 0.3) is 11.6 Å². The first-order valence-electron chi connectivity index (χ1n) is 11.3. The van der Waals surface area contributed by atoms with E-state index in [1.54, 1.807) is 23.1 Å². The van der Waals surface area contributed by atoms with Gasteiger partial charge in [0.1, 0.15) is 0 Å². The van der Waals surface area contributed by atoms with Gasteiger partial charge in [-0.2, -0.15) is 0 Å². The lowest BCUT2D eigenvalue weighted by molar-refractivity contribution is -0.384. The number of nitro benzene ring substituents is 1. The summed E-state index contributed by atoms with van der Waals surface area (Å²) in [5.41, 5.74) is 3.98. The molecule has 2 heterocycles. The van der Waals surface area contributed by atoms with Crippen LogP contribution in [0.1, 0.15) is 23.1 Å². The molecule has 0 bridgehead atoms. The van der Waals surface area contributed by atoms with E-state index in [1.807, 2.05) is 0 Å². The summed E-state index contributed by atoms with van der Waals surface area (Å²) in [4.78, 5) is 32.6. The number of hydrogen-bond acceptors (Lipinski definition) is 7. The van der Waals surface area contributed by atoms with Crippen LogP contribution in [-0.2, 0) is 9.53 Å². The minimum atomic E-state index is -0.439. The van der Waals surface area contributed by atoms with Crippen LogP contribution in [0.3, 0.4) is 0 Å². The minimum Gasteiger partial charge on any atom is -0.379 e. The van der Waals surface area contributed by atoms with Crippen LogP contribution in [0, 0.1) is 24.0 Å². The molecule has 9 heteroatoms. The Hall–Kier alpha value is -3.14. The van der Waals surface area contributed by atoms with E-state index in [2.05, 4.69) is 30.9 Å². The molecule has 0 radical (unpaired) electrons. The predicted octanol–water partition coefficient (Wildman–Crippen LogP) is 4.59. The van der Waals surface area contributed by atoms with Crippen molar-refractivity contribution < 1.29 is 14.5 Å². The molecule has 0 saturated carbocycles. The van der Waals surface area contributed by atoms with Crippen molar-refractivity contribution in [3.63, 3.8) is 0 Å². The number of ether oxygens (including phenoxy) is 1. The van der Waals surface area contributed by atoms with Crippen LogP contribution in [0.25, 0.3) is 16.3 Å². The molecule has 1 amide bonds. The zero-order valence-electron chi connectivity index (χ0n) is 19.4. The Morgan fingerprint density at radius 2 is 1.94 bits per heavy atom. The van der Waals surface area contributed by atoms with Gasteiger partial charge in [0.2, 0.25) is 0 Å². The average molecular weight is 481 g/mol. The molecule has 3 aromatic rings. The van der Waals surface area contributed by atoms with Gasteiger partial charge < -0.3 is 4.74 Å². The molecule has 0 spiro atoms. The molecular weight excluding hydrogens is 452 g/mol. The van der Waals surface area contributed by atoms with E-state index in [0.29, 0.717) is 11.7 Å². The van der Waals surface area contributed by atoms with Crippen molar-refractivity contribution in [1.82, 2.24) is 9.88 Å². The molecule has 0 N–H and O–H groups in total. The molecule has 0 unspecified atom stereocenters. The van der Waals surface area contributed by atoms with Gasteiger partial charge in [0.15, 0.2) is 5.13 Å². The zero-order chi connectivity index (χ0) is 24.1. The molecule has 1 aliphatic heterocycles. The van der Waals surface area contributed by atoms with Crippen LogP contribution in [0.15, 0.2) is 42.5 Å². The van der Waals surface area contributed by atoms with Crippen molar-refractivity contribution in [2.75, 3.05) is 44.3 Å². The number of benzene rings is 2. The minimum absolute atomic E-state index is 0.0216. The maximum Gasteiger partial charge on any atom is 0.269 e. The monoisotopic (exact) mass is 480 g/mol. The summed E-state index contributed by atoms with van der Waals surface area (Å²) in [6.45, 7) is 8.88. The first-order valence-corrected chi connectivity index (χ1v) is 12.1. The molecule has 1 saturated heterocycles. The quantitative estimate of drug-likeness (QED) is 0.266. The van der Waals surface area contributed by atoms with Crippen molar-refractivity contribution in [2.45, 2.75) is 20.3 Å². The number of rotatable bonds is 8. The highest BCUT2D eigenvalue weighted by Gasteiger charge is 2.20. The van der Waals surface area contributed by atoms with Crippen molar-refractivity contribution in [2.24, 2.45) is 0 Å². The number of nitrogens with zero attached hydrogens (tertiary/aromatic N) is 4. The summed E-state index contributed by atoms with van der Waals surface area (Å²) in [6.07, 6.45) is 4.02. The molecule has 8 nitrogen and oxygen atoms in total. The zero-order valence-corrected chi connectivity index (χ0v) is 20.2. The number of anilines is 1. The highest BCUT2D eigenvalue weighted by Crippen LogP contribution is 2.32. The predicted molar refractivity (Wildman–Crippen MR) is 135 cm³/mol. The second kappa shape index (κ2) is 10.9. The van der Waals surface area contributed by atoms with Crippen molar-refractivity contribution >= 4 is 44.4 Å². The van der Waals surface area contributed by atoms with Crippen LogP contribution in [0.4, 0.5) is 10.8 Å². The van der Waals surface area contributed by atoms with Gasteiger partial charge in [0, 0.05) is 44.4 Å². The molecule has 0 aliphatic carbocycles. The Morgan fingerprint density at radius 1 is 1.21 bits per heavy atom. The molecule has 0 atom stereocenters. The fourth-order valence-electron chi connectivity index (χ4n) is 3.87. The molecule has 1 fully saturated rings. The van der Waals surface area contributed by atoms with E-state index in [4.69, 9.17) is 9.72 Å². The SMILES string of the molecule is Cc1ccc2sc(N(CCCN3CCOCC3)C(=O)/C=C/c3ccc([N+](=O)[O-])cc3)nc2c1C. The summed E-state index contributed by atoms with van der Waals surface area (Å²) in [5.74, 6) is -0.159. The van der Waals surface area contributed by atoms with Gasteiger partial charge in [0.05, 0.1) is 28.4 Å². The smallest absolute Gasteiger partial charge is 0.269 e. The Bertz CT molecular complexity index is 1200. The van der Waals surface area contributed by atoms with Gasteiger partial charge in [-0.15, -0.1) is 0 Å². The number of fused-ring (bicyclic) bond motifs is 1. The lowest BCUT2D eigenvalue weighted by Crippen LogP contribution is -2.39. The second-order valence-corrected chi connectivity index (χ2v) is 9.34. The Kier molecular flexibility index (Phi) is 7.66. The fourth-order valence-corrected chi connectivity index (χ4v) is 4.93. The lowest BCUT2D eigenvalue weighted by atomic mass is 10.1. The van der Waals surface area contributed by atoms with E-state index in [0.717, 1.165) is 60.6 Å². The van der Waals surface area contributed by atoms with Gasteiger partial charge >= 0.3 is 0 Å². The van der Waals surface area contributed by atoms with Gasteiger partial charge in [-0.05, 0) is 61.2 Å². The van der Waals surface area contributed by atoms with Crippen LogP contribution in [0.2, 0.25) is 0 Å². The highest BCUT2D eigenvalue weighted by atomic mass is 32.1. The van der Waals surface area contributed by atoms with E-state index in [9.17, 15) is 14.9 Å². The Labute approximate surface area is 202 Å². The number of morpholine rings is 1. The summed E-state index contributed by atoms with van der Waals surface area (Å²) in [5, 5.41) is 11.6. The van der Waals surface area contributed by atoms with Gasteiger partial charge in [-0.1, -0.05) is 17.4 Å². The number of aryl methyl sites for hydroxylation is 2. The number of carbonyl (C=O) groups is 1. The maximum atomic E-state index is 13.3. The summed E-state index contributed by atoms with van der Waals surface area (Å²) in [6, 6.07) is 10.3. The number of nitro groups is 1. The average Bonchev–Trinajstić information content (AvgIpc) is 3.28. The fraction of sp³-hybridized carbons (Fsp3) is 0.360. The summed E-state index contributed by atoms with van der Waals surface area (Å²) >= 11 is 1.52. The Morgan fingerprint density at radius 3 is 2.65 bits per heavy atom. The normalized spacial score (nSPS) is 14.6. The van der Waals surface area contributed by atoms with Crippen LogP contribution in [-0.4, -0.2) is 60.1 Å². The molecule has 2 aromatic carbocycles. The molecule has 1 aromatic heterocycles. The van der Waals surface area contributed by atoms with Crippen LogP contribution < -0.4 is 4.90 Å². The number of carbonyl (C=O) groups excluding carboxylic acids is 1. The number of aromatic nitrogens is 1. The molecule has 4 rings (SSSR count). The Balaban J connectivity index is 1.54. The van der Waals surface area contributed by atoms with E-state index >= 15 is 0 Å². The van der Waals surface area contributed by atoms with Crippen molar-refractivity contribution in [3.05, 3.63) is 69.3 Å². The van der Waals surface area contributed by atoms with Crippen molar-refractivity contribution in [1.29, 1.82) is 0 Å². The van der Waals surface area contributed by atoms with E-state index < -0.39 is 4.92 Å². The van der Waals surface area contributed by atoms with Crippen LogP contribution >= 0.6 is 11.3 Å². The van der Waals surface area contributed by atoms with Gasteiger partial charge in [-0.3, -0.25) is 24.7 Å². The summed E-state index contributed by atoms with van der Waals surface area (Å²) in [7, 11) is 0. The molecular formula is C25H28N4O4S. The topological polar surface area (TPSA) is 88.8 Å². The molecule has 34 heavy (non-hydrogen) atoms. The van der Waals surface area contributed by atoms with E-state index in [-0.39, 0.29) is 11.6 Å². The molecule has 1 aliphatic rings. The number of thiazole rings is 1. The standard InChI is InChI=1S/C25H28N4O4S/c1-18-4-10-22-24(19(18)2)26-25(34-22)28(13-3-12-27-14-16-33-17-15-27)23(30)11-7-20-5-8-21(9-6-20)29(31)32/h4-11H,3,12-17H2,1-2H3/b11-7+. The van der Waals surface area contributed by atoms with E-state index in [1.165, 1.54) is 35.1 Å². The lowest BCUT2D eigenvalue weighted by Gasteiger charge is -2.27. The van der Waals surface area contributed by atoms with Crippen LogP contribution in [0.5, 0.6) is 0 Å². The van der Waals surface area contributed by atoms with Gasteiger partial charge in [-0.25, -0.2) is 4.98 Å². The third-order valence-corrected chi connectivity index (χ3v) is 7.10. The van der Waals surface area contributed by atoms with Crippen molar-refractivity contribution in [3.8, 4) is 0 Å². The number of hydrogen-bond donors (Lipinski definition) is 0. The first kappa shape index (κ1) is 24.0. The third-order valence-electron chi connectivity index (χ3n) is 6.05. The molecule has 178 valence electrons. The second-order valence-electron chi connectivity index (χ2n) is 8.33. The number of amides is 1. The first-order chi connectivity index (χ1) is 16.4. The maximum absolute atomic E-state index is 13.3. The highest BCUT2D eigenvalue weighted by molar-refractivity contribution is 7.22. The largest absolute Gasteiger partial charge is 0.379 e. The third kappa shape index (κ3) is 5.67. The number of non-ortho nitro benzene ring substituents is 1.